The molecule has 0 amide bonds. The van der Waals surface area contributed by atoms with E-state index in [1.54, 1.807) is 0 Å². The van der Waals surface area contributed by atoms with Crippen LogP contribution in [0, 0.1) is 0 Å². The van der Waals surface area contributed by atoms with Gasteiger partial charge in [0.05, 0.1) is 0 Å². The fourth-order valence-corrected chi connectivity index (χ4v) is 1.43. The van der Waals surface area contributed by atoms with Crippen LogP contribution in [0.5, 0.6) is 0 Å². The fourth-order valence-electron chi connectivity index (χ4n) is 1.43. The van der Waals surface area contributed by atoms with Gasteiger partial charge in [-0.2, -0.15) is 0 Å². The summed E-state index contributed by atoms with van der Waals surface area (Å²) in [6, 6.07) is 1.92. The summed E-state index contributed by atoms with van der Waals surface area (Å²) < 4.78 is 0. The normalized spacial score (nSPS) is 21.5. The molecular formula is C11H22N2. The van der Waals surface area contributed by atoms with E-state index in [1.165, 1.54) is 12.8 Å². The van der Waals surface area contributed by atoms with E-state index in [2.05, 4.69) is 37.7 Å². The highest BCUT2D eigenvalue weighted by Gasteiger charge is 2.28. The Morgan fingerprint density at radius 3 is 2.62 bits per heavy atom. The lowest BCUT2D eigenvalue weighted by Crippen LogP contribution is -2.41. The van der Waals surface area contributed by atoms with Crippen LogP contribution in [0.4, 0.5) is 0 Å². The van der Waals surface area contributed by atoms with Crippen molar-refractivity contribution in [2.45, 2.75) is 44.8 Å². The quantitative estimate of drug-likeness (QED) is 0.628. The van der Waals surface area contributed by atoms with E-state index in [9.17, 15) is 0 Å². The molecule has 1 N–H and O–H groups in total. The molecule has 0 aromatic rings. The van der Waals surface area contributed by atoms with Crippen LogP contribution >= 0.6 is 0 Å². The van der Waals surface area contributed by atoms with Gasteiger partial charge in [0.15, 0.2) is 0 Å². The van der Waals surface area contributed by atoms with Crippen molar-refractivity contribution in [3.63, 3.8) is 0 Å². The second kappa shape index (κ2) is 4.77. The molecule has 2 unspecified atom stereocenters. The van der Waals surface area contributed by atoms with Crippen molar-refractivity contribution >= 4 is 0 Å². The van der Waals surface area contributed by atoms with Gasteiger partial charge in [-0.1, -0.05) is 6.08 Å². The molecule has 13 heavy (non-hydrogen) atoms. The van der Waals surface area contributed by atoms with Crippen molar-refractivity contribution in [3.8, 4) is 0 Å². The van der Waals surface area contributed by atoms with Gasteiger partial charge in [-0.15, -0.1) is 6.58 Å². The van der Waals surface area contributed by atoms with Crippen LogP contribution in [0.3, 0.4) is 0 Å². The summed E-state index contributed by atoms with van der Waals surface area (Å²) >= 11 is 0. The molecular weight excluding hydrogens is 160 g/mol. The minimum absolute atomic E-state index is 0.426. The number of hydrogen-bond donors (Lipinski definition) is 1. The zero-order chi connectivity index (χ0) is 9.84. The maximum Gasteiger partial charge on any atom is 0.0219 e. The summed E-state index contributed by atoms with van der Waals surface area (Å²) in [4.78, 5) is 2.48. The summed E-state index contributed by atoms with van der Waals surface area (Å²) in [5.41, 5.74) is 0. The van der Waals surface area contributed by atoms with Crippen LogP contribution in [-0.2, 0) is 0 Å². The largest absolute Gasteiger partial charge is 0.309 e. The summed E-state index contributed by atoms with van der Waals surface area (Å²) in [5.74, 6) is 0. The molecule has 0 aliphatic heterocycles. The van der Waals surface area contributed by atoms with Crippen LogP contribution in [-0.4, -0.2) is 36.6 Å². The molecule has 76 valence electrons. The Kier molecular flexibility index (Phi) is 3.94. The molecule has 1 aliphatic rings. The second-order valence-corrected chi connectivity index (χ2v) is 4.18. The van der Waals surface area contributed by atoms with Crippen LogP contribution in [0.15, 0.2) is 12.7 Å². The fraction of sp³-hybridized carbons (Fsp3) is 0.818. The lowest BCUT2D eigenvalue weighted by atomic mass is 10.2. The Bertz CT molecular complexity index is 163. The van der Waals surface area contributed by atoms with Crippen LogP contribution in [0.25, 0.3) is 0 Å². The third-order valence-electron chi connectivity index (χ3n) is 2.91. The monoisotopic (exact) mass is 182 g/mol. The molecule has 1 rings (SSSR count). The van der Waals surface area contributed by atoms with Crippen molar-refractivity contribution in [3.05, 3.63) is 12.7 Å². The molecule has 0 spiro atoms. The molecule has 2 heteroatoms. The molecule has 0 saturated heterocycles. The highest BCUT2D eigenvalue weighted by molar-refractivity contribution is 4.87. The third kappa shape index (κ3) is 3.49. The van der Waals surface area contributed by atoms with Crippen molar-refractivity contribution in [1.82, 2.24) is 10.2 Å². The Morgan fingerprint density at radius 1 is 1.54 bits per heavy atom. The molecule has 0 aromatic heterocycles. The first-order valence-electron chi connectivity index (χ1n) is 5.23. The standard InChI is InChI=1S/C11H22N2/c1-5-9(2)12-8-10(3)13(4)11-6-7-11/h5,9-12H,1,6-8H2,2-4H3. The van der Waals surface area contributed by atoms with Crippen molar-refractivity contribution in [2.75, 3.05) is 13.6 Å². The number of rotatable bonds is 6. The summed E-state index contributed by atoms with van der Waals surface area (Å²) in [6.07, 6.45) is 4.72. The molecule has 1 aliphatic carbocycles. The third-order valence-corrected chi connectivity index (χ3v) is 2.91. The molecule has 0 heterocycles. The summed E-state index contributed by atoms with van der Waals surface area (Å²) in [6.45, 7) is 9.23. The zero-order valence-corrected chi connectivity index (χ0v) is 9.09. The number of nitrogens with zero attached hydrogens (tertiary/aromatic N) is 1. The van der Waals surface area contributed by atoms with Crippen LogP contribution in [0.1, 0.15) is 26.7 Å². The van der Waals surface area contributed by atoms with Gasteiger partial charge in [-0.25, -0.2) is 0 Å². The maximum absolute atomic E-state index is 3.75. The topological polar surface area (TPSA) is 15.3 Å². The van der Waals surface area contributed by atoms with Gasteiger partial charge in [0.1, 0.15) is 0 Å². The average Bonchev–Trinajstić information content (AvgIpc) is 2.95. The van der Waals surface area contributed by atoms with Gasteiger partial charge in [-0.05, 0) is 33.7 Å². The lowest BCUT2D eigenvalue weighted by Gasteiger charge is -2.25. The number of hydrogen-bond acceptors (Lipinski definition) is 2. The van der Waals surface area contributed by atoms with Crippen molar-refractivity contribution in [1.29, 1.82) is 0 Å². The second-order valence-electron chi connectivity index (χ2n) is 4.18. The maximum atomic E-state index is 3.75. The van der Waals surface area contributed by atoms with E-state index in [0.717, 1.165) is 12.6 Å². The summed E-state index contributed by atoms with van der Waals surface area (Å²) in [7, 11) is 2.22. The Morgan fingerprint density at radius 2 is 2.15 bits per heavy atom. The highest BCUT2D eigenvalue weighted by Crippen LogP contribution is 2.26. The summed E-state index contributed by atoms with van der Waals surface area (Å²) in [5, 5.41) is 3.44. The van der Waals surface area contributed by atoms with Gasteiger partial charge < -0.3 is 5.32 Å². The highest BCUT2D eigenvalue weighted by atomic mass is 15.2. The first-order chi connectivity index (χ1) is 6.15. The van der Waals surface area contributed by atoms with Crippen molar-refractivity contribution < 1.29 is 0 Å². The van der Waals surface area contributed by atoms with E-state index in [-0.39, 0.29) is 0 Å². The number of likely N-dealkylation sites (N-methyl/N-ethyl adjacent to an activating group) is 1. The molecule has 1 saturated carbocycles. The van der Waals surface area contributed by atoms with Gasteiger partial charge in [0.25, 0.3) is 0 Å². The molecule has 2 atom stereocenters. The SMILES string of the molecule is C=CC(C)NCC(C)N(C)C1CC1. The Hall–Kier alpha value is -0.340. The van der Waals surface area contributed by atoms with E-state index in [4.69, 9.17) is 0 Å². The molecule has 0 radical (unpaired) electrons. The Labute approximate surface area is 82.0 Å². The first kappa shape index (κ1) is 10.7. The lowest BCUT2D eigenvalue weighted by molar-refractivity contribution is 0.239. The average molecular weight is 182 g/mol. The minimum Gasteiger partial charge on any atom is -0.309 e. The zero-order valence-electron chi connectivity index (χ0n) is 9.09. The molecule has 1 fully saturated rings. The van der Waals surface area contributed by atoms with Crippen molar-refractivity contribution in [2.24, 2.45) is 0 Å². The Balaban J connectivity index is 2.15. The van der Waals surface area contributed by atoms with E-state index < -0.39 is 0 Å². The molecule has 0 bridgehead atoms. The van der Waals surface area contributed by atoms with Crippen LogP contribution in [0.2, 0.25) is 0 Å². The predicted molar refractivity (Wildman–Crippen MR) is 57.9 cm³/mol. The first-order valence-corrected chi connectivity index (χ1v) is 5.23. The van der Waals surface area contributed by atoms with E-state index in [1.807, 2.05) is 6.08 Å². The van der Waals surface area contributed by atoms with Crippen LogP contribution < -0.4 is 5.32 Å². The molecule has 0 aromatic carbocycles. The van der Waals surface area contributed by atoms with E-state index >= 15 is 0 Å². The van der Waals surface area contributed by atoms with Gasteiger partial charge in [0, 0.05) is 24.7 Å². The van der Waals surface area contributed by atoms with Gasteiger partial charge >= 0.3 is 0 Å². The minimum atomic E-state index is 0.426. The van der Waals surface area contributed by atoms with E-state index in [0.29, 0.717) is 12.1 Å². The smallest absolute Gasteiger partial charge is 0.0219 e. The van der Waals surface area contributed by atoms with Gasteiger partial charge in [0.2, 0.25) is 0 Å². The van der Waals surface area contributed by atoms with Gasteiger partial charge in [-0.3, -0.25) is 4.90 Å². The molecule has 2 nitrogen and oxygen atoms in total. The number of nitrogens with one attached hydrogen (secondary N) is 1. The predicted octanol–water partition coefficient (Wildman–Crippen LogP) is 1.63.